The van der Waals surface area contributed by atoms with E-state index in [9.17, 15) is 18.0 Å². The number of rotatable bonds is 7. The van der Waals surface area contributed by atoms with Crippen molar-refractivity contribution in [3.05, 3.63) is 58.6 Å². The minimum atomic E-state index is -3.95. The van der Waals surface area contributed by atoms with Crippen LogP contribution in [0.2, 0.25) is 5.02 Å². The number of ether oxygens (including phenoxy) is 1. The summed E-state index contributed by atoms with van der Waals surface area (Å²) in [6, 6.07) is 11.1. The second-order valence-electron chi connectivity index (χ2n) is 7.64. The average molecular weight is 453 g/mol. The van der Waals surface area contributed by atoms with Crippen molar-refractivity contribution >= 4 is 39.2 Å². The van der Waals surface area contributed by atoms with Gasteiger partial charge in [-0.25, -0.2) is 17.9 Å². The molecule has 0 radical (unpaired) electrons. The highest BCUT2D eigenvalue weighted by atomic mass is 35.5. The van der Waals surface area contributed by atoms with Gasteiger partial charge in [0.15, 0.2) is 6.61 Å². The number of halogens is 1. The van der Waals surface area contributed by atoms with Gasteiger partial charge in [-0.1, -0.05) is 36.7 Å². The molecule has 0 aliphatic carbocycles. The topological polar surface area (TPSA) is 102 Å². The fraction of sp³-hybridized carbons (Fsp3) is 0.333. The summed E-state index contributed by atoms with van der Waals surface area (Å²) in [6.07, 6.45) is 0.737. The Bertz CT molecular complexity index is 1050. The van der Waals surface area contributed by atoms with Crippen LogP contribution in [0.15, 0.2) is 47.4 Å². The molecular formula is C21H25ClN2O5S. The van der Waals surface area contributed by atoms with Crippen molar-refractivity contribution in [2.45, 2.75) is 44.6 Å². The van der Waals surface area contributed by atoms with E-state index >= 15 is 0 Å². The lowest BCUT2D eigenvalue weighted by Crippen LogP contribution is -2.40. The number of hydrogen-bond donors (Lipinski definition) is 2. The van der Waals surface area contributed by atoms with Gasteiger partial charge in [-0.15, -0.1) is 0 Å². The second-order valence-corrected chi connectivity index (χ2v) is 9.69. The number of nitrogens with one attached hydrogen (secondary N) is 2. The normalized spacial score (nSPS) is 11.8. The van der Waals surface area contributed by atoms with E-state index in [0.717, 1.165) is 18.1 Å². The lowest BCUT2D eigenvalue weighted by molar-refractivity contribution is -0.119. The van der Waals surface area contributed by atoms with Gasteiger partial charge in [0.2, 0.25) is 10.0 Å². The Morgan fingerprint density at radius 3 is 2.40 bits per heavy atom. The van der Waals surface area contributed by atoms with Gasteiger partial charge < -0.3 is 10.1 Å². The maximum atomic E-state index is 12.6. The standard InChI is InChI=1S/C21H25ClN2O5S/c1-5-14-8-6-7-9-17(14)23-19(25)13-29-20(26)15-10-11-16(22)18(12-15)30(27,28)24-21(2,3)4/h6-12,24H,5,13H2,1-4H3,(H,23,25). The third kappa shape index (κ3) is 6.55. The molecule has 0 heterocycles. The summed E-state index contributed by atoms with van der Waals surface area (Å²) < 4.78 is 32.6. The minimum Gasteiger partial charge on any atom is -0.452 e. The number of para-hydroxylation sites is 1. The van der Waals surface area contributed by atoms with Crippen LogP contribution in [0.5, 0.6) is 0 Å². The van der Waals surface area contributed by atoms with Crippen molar-refractivity contribution in [1.29, 1.82) is 0 Å². The first-order valence-electron chi connectivity index (χ1n) is 9.31. The number of benzene rings is 2. The third-order valence-corrected chi connectivity index (χ3v) is 6.14. The van der Waals surface area contributed by atoms with Gasteiger partial charge in [0.05, 0.1) is 10.6 Å². The van der Waals surface area contributed by atoms with Gasteiger partial charge in [-0.3, -0.25) is 4.79 Å². The molecule has 2 rings (SSSR count). The largest absolute Gasteiger partial charge is 0.452 e. The van der Waals surface area contributed by atoms with Gasteiger partial charge in [0.25, 0.3) is 5.91 Å². The van der Waals surface area contributed by atoms with Crippen LogP contribution in [0.3, 0.4) is 0 Å². The van der Waals surface area contributed by atoms with Crippen molar-refractivity contribution in [2.24, 2.45) is 0 Å². The molecule has 0 aromatic heterocycles. The van der Waals surface area contributed by atoms with E-state index in [1.165, 1.54) is 12.1 Å². The van der Waals surface area contributed by atoms with Crippen LogP contribution in [0, 0.1) is 0 Å². The summed E-state index contributed by atoms with van der Waals surface area (Å²) in [7, 11) is -3.95. The van der Waals surface area contributed by atoms with Crippen molar-refractivity contribution in [2.75, 3.05) is 11.9 Å². The molecule has 0 atom stereocenters. The highest BCUT2D eigenvalue weighted by molar-refractivity contribution is 7.89. The molecule has 162 valence electrons. The molecule has 0 spiro atoms. The molecule has 7 nitrogen and oxygen atoms in total. The Labute approximate surface area is 181 Å². The molecule has 2 N–H and O–H groups in total. The number of amides is 1. The summed E-state index contributed by atoms with van der Waals surface area (Å²) in [5, 5.41) is 2.67. The Balaban J connectivity index is 2.10. The number of aryl methyl sites for hydroxylation is 1. The predicted molar refractivity (Wildman–Crippen MR) is 116 cm³/mol. The first-order valence-corrected chi connectivity index (χ1v) is 11.2. The molecule has 0 aliphatic heterocycles. The quantitative estimate of drug-likeness (QED) is 0.622. The SMILES string of the molecule is CCc1ccccc1NC(=O)COC(=O)c1ccc(Cl)c(S(=O)(=O)NC(C)(C)C)c1. The van der Waals surface area contributed by atoms with Gasteiger partial charge in [0.1, 0.15) is 4.90 Å². The van der Waals surface area contributed by atoms with Gasteiger partial charge in [-0.05, 0) is 57.0 Å². The number of esters is 1. The van der Waals surface area contributed by atoms with Crippen LogP contribution in [0.4, 0.5) is 5.69 Å². The average Bonchev–Trinajstić information content (AvgIpc) is 2.65. The van der Waals surface area contributed by atoms with Gasteiger partial charge in [0, 0.05) is 11.2 Å². The molecule has 0 aliphatic rings. The smallest absolute Gasteiger partial charge is 0.338 e. The van der Waals surface area contributed by atoms with E-state index in [2.05, 4.69) is 10.0 Å². The molecule has 0 saturated heterocycles. The van der Waals surface area contributed by atoms with Crippen LogP contribution in [-0.2, 0) is 26.0 Å². The van der Waals surface area contributed by atoms with Gasteiger partial charge >= 0.3 is 5.97 Å². The lowest BCUT2D eigenvalue weighted by atomic mass is 10.1. The summed E-state index contributed by atoms with van der Waals surface area (Å²) in [5.41, 5.74) is 0.839. The van der Waals surface area contributed by atoms with Crippen LogP contribution < -0.4 is 10.0 Å². The van der Waals surface area contributed by atoms with Crippen molar-refractivity contribution in [3.8, 4) is 0 Å². The number of hydrogen-bond acceptors (Lipinski definition) is 5. The van der Waals surface area contributed by atoms with E-state index in [1.807, 2.05) is 19.1 Å². The molecule has 1 amide bonds. The Morgan fingerprint density at radius 1 is 1.10 bits per heavy atom. The van der Waals surface area contributed by atoms with E-state index in [1.54, 1.807) is 32.9 Å². The highest BCUT2D eigenvalue weighted by Gasteiger charge is 2.25. The maximum absolute atomic E-state index is 12.6. The molecule has 0 fully saturated rings. The number of anilines is 1. The predicted octanol–water partition coefficient (Wildman–Crippen LogP) is 3.77. The van der Waals surface area contributed by atoms with Gasteiger partial charge in [-0.2, -0.15) is 0 Å². The molecule has 9 heteroatoms. The van der Waals surface area contributed by atoms with E-state index in [4.69, 9.17) is 16.3 Å². The molecule has 30 heavy (non-hydrogen) atoms. The minimum absolute atomic E-state index is 0.0304. The number of sulfonamides is 1. The van der Waals surface area contributed by atoms with Crippen LogP contribution in [0.25, 0.3) is 0 Å². The monoisotopic (exact) mass is 452 g/mol. The summed E-state index contributed by atoms with van der Waals surface area (Å²) in [4.78, 5) is 24.2. The zero-order valence-corrected chi connectivity index (χ0v) is 18.9. The zero-order chi connectivity index (χ0) is 22.5. The highest BCUT2D eigenvalue weighted by Crippen LogP contribution is 2.24. The summed E-state index contributed by atoms with van der Waals surface area (Å²) in [6.45, 7) is 6.51. The molecule has 0 saturated carbocycles. The van der Waals surface area contributed by atoms with Crippen molar-refractivity contribution in [3.63, 3.8) is 0 Å². The second kappa shape index (κ2) is 9.59. The van der Waals surface area contributed by atoms with E-state index < -0.39 is 34.0 Å². The van der Waals surface area contributed by atoms with Crippen molar-refractivity contribution in [1.82, 2.24) is 4.72 Å². The van der Waals surface area contributed by atoms with Crippen molar-refractivity contribution < 1.29 is 22.7 Å². The van der Waals surface area contributed by atoms with E-state index in [-0.39, 0.29) is 15.5 Å². The number of carbonyl (C=O) groups excluding carboxylic acids is 2. The van der Waals surface area contributed by atoms with Crippen LogP contribution >= 0.6 is 11.6 Å². The fourth-order valence-corrected chi connectivity index (χ4v) is 4.59. The van der Waals surface area contributed by atoms with Crippen LogP contribution in [-0.4, -0.2) is 32.4 Å². The van der Waals surface area contributed by atoms with E-state index in [0.29, 0.717) is 5.69 Å². The zero-order valence-electron chi connectivity index (χ0n) is 17.3. The Kier molecular flexibility index (Phi) is 7.63. The first kappa shape index (κ1) is 23.9. The molecule has 2 aromatic rings. The Morgan fingerprint density at radius 2 is 1.77 bits per heavy atom. The first-order chi connectivity index (χ1) is 13.9. The Hall–Kier alpha value is -2.42. The fourth-order valence-electron chi connectivity index (χ4n) is 2.65. The summed E-state index contributed by atoms with van der Waals surface area (Å²) in [5.74, 6) is -1.33. The number of carbonyl (C=O) groups is 2. The molecular weight excluding hydrogens is 428 g/mol. The lowest BCUT2D eigenvalue weighted by Gasteiger charge is -2.21. The molecule has 2 aromatic carbocycles. The molecule has 0 bridgehead atoms. The maximum Gasteiger partial charge on any atom is 0.338 e. The molecule has 0 unspecified atom stereocenters. The third-order valence-electron chi connectivity index (χ3n) is 3.90. The van der Waals surface area contributed by atoms with Crippen LogP contribution in [0.1, 0.15) is 43.6 Å². The summed E-state index contributed by atoms with van der Waals surface area (Å²) >= 11 is 6.03.